The third-order valence-electron chi connectivity index (χ3n) is 5.13. The van der Waals surface area contributed by atoms with Crippen LogP contribution in [0.15, 0.2) is 12.3 Å². The number of ether oxygens (including phenoxy) is 1. The molecule has 0 aromatic carbocycles. The summed E-state index contributed by atoms with van der Waals surface area (Å²) in [5.41, 5.74) is 0.723. The SMILES string of the molecule is CCC(=O)N(C)C[C@H]1Oc2ncc(C#C[C@H](C)O)cc2C(=O)N([C@@H](C)CO)C[C@@H]1C. The Morgan fingerprint density at radius 2 is 2.17 bits per heavy atom. The lowest BCUT2D eigenvalue weighted by Gasteiger charge is -2.37. The number of carbonyl (C=O) groups excluding carboxylic acids is 2. The first-order valence-electron chi connectivity index (χ1n) is 10.2. The molecule has 4 atom stereocenters. The third-order valence-corrected chi connectivity index (χ3v) is 5.13. The van der Waals surface area contributed by atoms with Gasteiger partial charge in [-0.1, -0.05) is 25.7 Å². The Kier molecular flexibility index (Phi) is 8.21. The highest BCUT2D eigenvalue weighted by molar-refractivity contribution is 5.97. The molecule has 8 nitrogen and oxygen atoms in total. The van der Waals surface area contributed by atoms with E-state index in [1.165, 1.54) is 6.20 Å². The van der Waals surface area contributed by atoms with Crippen molar-refractivity contribution in [1.82, 2.24) is 14.8 Å². The molecule has 1 aromatic heterocycles. The number of pyridine rings is 1. The van der Waals surface area contributed by atoms with Crippen LogP contribution in [0.4, 0.5) is 0 Å². The molecule has 0 spiro atoms. The van der Waals surface area contributed by atoms with Crippen LogP contribution in [-0.4, -0.2) is 81.8 Å². The van der Waals surface area contributed by atoms with E-state index in [-0.39, 0.29) is 41.9 Å². The van der Waals surface area contributed by atoms with Gasteiger partial charge in [0.05, 0.1) is 19.2 Å². The number of rotatable bonds is 5. The summed E-state index contributed by atoms with van der Waals surface area (Å²) >= 11 is 0. The number of fused-ring (bicyclic) bond motifs is 1. The predicted octanol–water partition coefficient (Wildman–Crippen LogP) is 0.902. The molecule has 1 aliphatic rings. The molecule has 1 aliphatic heterocycles. The average Bonchev–Trinajstić information content (AvgIpc) is 2.73. The molecule has 2 heterocycles. The molecule has 0 saturated heterocycles. The number of hydrogen-bond acceptors (Lipinski definition) is 6. The van der Waals surface area contributed by atoms with E-state index in [1.807, 2.05) is 6.92 Å². The van der Waals surface area contributed by atoms with Crippen molar-refractivity contribution in [2.75, 3.05) is 26.7 Å². The lowest BCUT2D eigenvalue weighted by Crippen LogP contribution is -2.50. The summed E-state index contributed by atoms with van der Waals surface area (Å²) in [7, 11) is 1.73. The van der Waals surface area contributed by atoms with Gasteiger partial charge in [0.15, 0.2) is 0 Å². The summed E-state index contributed by atoms with van der Waals surface area (Å²) in [6.45, 7) is 7.62. The van der Waals surface area contributed by atoms with Crippen LogP contribution < -0.4 is 4.74 Å². The monoisotopic (exact) mass is 417 g/mol. The van der Waals surface area contributed by atoms with Gasteiger partial charge in [-0.25, -0.2) is 4.98 Å². The number of aliphatic hydroxyl groups is 2. The third kappa shape index (κ3) is 5.71. The van der Waals surface area contributed by atoms with Gasteiger partial charge in [-0.05, 0) is 19.9 Å². The molecule has 0 radical (unpaired) electrons. The second-order valence-corrected chi connectivity index (χ2v) is 7.77. The number of hydrogen-bond donors (Lipinski definition) is 2. The van der Waals surface area contributed by atoms with E-state index in [0.717, 1.165) is 0 Å². The number of amides is 2. The Labute approximate surface area is 177 Å². The molecule has 0 bridgehead atoms. The first-order chi connectivity index (χ1) is 14.2. The summed E-state index contributed by atoms with van der Waals surface area (Å²) in [4.78, 5) is 32.8. The summed E-state index contributed by atoms with van der Waals surface area (Å²) in [5, 5.41) is 19.1. The zero-order valence-electron chi connectivity index (χ0n) is 18.3. The summed E-state index contributed by atoms with van der Waals surface area (Å²) in [5.74, 6) is 5.20. The molecule has 2 N–H and O–H groups in total. The predicted molar refractivity (Wildman–Crippen MR) is 112 cm³/mol. The minimum absolute atomic E-state index is 0.00134. The van der Waals surface area contributed by atoms with Crippen molar-refractivity contribution in [1.29, 1.82) is 0 Å². The fourth-order valence-corrected chi connectivity index (χ4v) is 3.22. The largest absolute Gasteiger partial charge is 0.472 e. The van der Waals surface area contributed by atoms with Crippen LogP contribution in [0.1, 0.15) is 50.0 Å². The van der Waals surface area contributed by atoms with Gasteiger partial charge in [0.25, 0.3) is 5.91 Å². The Bertz CT molecular complexity index is 830. The smallest absolute Gasteiger partial charge is 0.259 e. The average molecular weight is 418 g/mol. The van der Waals surface area contributed by atoms with Crippen LogP contribution in [0.25, 0.3) is 0 Å². The van der Waals surface area contributed by atoms with Crippen LogP contribution in [0, 0.1) is 17.8 Å². The van der Waals surface area contributed by atoms with E-state index in [1.54, 1.807) is 43.7 Å². The van der Waals surface area contributed by atoms with Crippen LogP contribution in [0.5, 0.6) is 5.88 Å². The molecule has 2 rings (SSSR count). The van der Waals surface area contributed by atoms with Gasteiger partial charge >= 0.3 is 0 Å². The number of carbonyl (C=O) groups is 2. The molecule has 30 heavy (non-hydrogen) atoms. The quantitative estimate of drug-likeness (QED) is 0.690. The summed E-state index contributed by atoms with van der Waals surface area (Å²) in [6, 6.07) is 1.19. The zero-order chi connectivity index (χ0) is 22.4. The van der Waals surface area contributed by atoms with Gasteiger partial charge in [0.1, 0.15) is 17.8 Å². The number of aromatic nitrogens is 1. The van der Waals surface area contributed by atoms with Crippen molar-refractivity contribution in [3.8, 4) is 17.7 Å². The van der Waals surface area contributed by atoms with Crippen molar-refractivity contribution < 1.29 is 24.5 Å². The second kappa shape index (κ2) is 10.4. The summed E-state index contributed by atoms with van der Waals surface area (Å²) in [6.07, 6.45) is 0.699. The maximum Gasteiger partial charge on any atom is 0.259 e. The van der Waals surface area contributed by atoms with Crippen LogP contribution in [0.3, 0.4) is 0 Å². The number of aliphatic hydroxyl groups excluding tert-OH is 2. The van der Waals surface area contributed by atoms with Gasteiger partial charge in [-0.2, -0.15) is 0 Å². The second-order valence-electron chi connectivity index (χ2n) is 7.77. The van der Waals surface area contributed by atoms with E-state index in [4.69, 9.17) is 4.74 Å². The van der Waals surface area contributed by atoms with E-state index in [2.05, 4.69) is 16.8 Å². The van der Waals surface area contributed by atoms with E-state index < -0.39 is 12.1 Å². The number of likely N-dealkylation sites (N-methyl/N-ethyl adjacent to an activating group) is 1. The highest BCUT2D eigenvalue weighted by atomic mass is 16.5. The van der Waals surface area contributed by atoms with Crippen molar-refractivity contribution in [3.05, 3.63) is 23.4 Å². The molecule has 0 fully saturated rings. The van der Waals surface area contributed by atoms with Crippen LogP contribution >= 0.6 is 0 Å². The Hall–Kier alpha value is -2.63. The van der Waals surface area contributed by atoms with Gasteiger partial charge in [-0.3, -0.25) is 9.59 Å². The van der Waals surface area contributed by atoms with Crippen LogP contribution in [-0.2, 0) is 4.79 Å². The van der Waals surface area contributed by atoms with Gasteiger partial charge in [0.2, 0.25) is 11.8 Å². The minimum atomic E-state index is -0.804. The molecular formula is C22H31N3O5. The van der Waals surface area contributed by atoms with Crippen molar-refractivity contribution in [2.24, 2.45) is 5.92 Å². The van der Waals surface area contributed by atoms with Gasteiger partial charge < -0.3 is 24.7 Å². The highest BCUT2D eigenvalue weighted by Crippen LogP contribution is 2.27. The molecule has 0 aliphatic carbocycles. The van der Waals surface area contributed by atoms with Crippen molar-refractivity contribution >= 4 is 11.8 Å². The van der Waals surface area contributed by atoms with Crippen molar-refractivity contribution in [2.45, 2.75) is 52.4 Å². The van der Waals surface area contributed by atoms with E-state index in [0.29, 0.717) is 25.1 Å². The normalized spacial score (nSPS) is 20.6. The molecule has 164 valence electrons. The first-order valence-corrected chi connectivity index (χ1v) is 10.2. The number of nitrogens with zero attached hydrogens (tertiary/aromatic N) is 3. The van der Waals surface area contributed by atoms with Gasteiger partial charge in [0, 0.05) is 37.7 Å². The Morgan fingerprint density at radius 1 is 1.47 bits per heavy atom. The van der Waals surface area contributed by atoms with Crippen LogP contribution in [0.2, 0.25) is 0 Å². The molecular weight excluding hydrogens is 386 g/mol. The fraction of sp³-hybridized carbons (Fsp3) is 0.591. The molecule has 0 saturated carbocycles. The molecule has 1 aromatic rings. The summed E-state index contributed by atoms with van der Waals surface area (Å²) < 4.78 is 6.11. The standard InChI is InChI=1S/C22H31N3O5/c1-6-20(28)24(5)12-19-14(2)11-25(15(3)13-26)22(29)18-9-17(8-7-16(4)27)10-23-21(18)30-19/h9-10,14-16,19,26-27H,6,11-13H2,1-5H3/t14-,15-,16-,19+/m0/s1. The van der Waals surface area contributed by atoms with E-state index >= 15 is 0 Å². The topological polar surface area (TPSA) is 103 Å². The maximum atomic E-state index is 13.2. The molecule has 0 unspecified atom stereocenters. The maximum absolute atomic E-state index is 13.2. The Morgan fingerprint density at radius 3 is 2.77 bits per heavy atom. The first kappa shape index (κ1) is 23.6. The highest BCUT2D eigenvalue weighted by Gasteiger charge is 2.34. The lowest BCUT2D eigenvalue weighted by molar-refractivity contribution is -0.131. The Balaban J connectivity index is 2.47. The van der Waals surface area contributed by atoms with E-state index in [9.17, 15) is 19.8 Å². The lowest BCUT2D eigenvalue weighted by atomic mass is 10.00. The molecule has 2 amide bonds. The zero-order valence-corrected chi connectivity index (χ0v) is 18.3. The molecule has 8 heteroatoms. The van der Waals surface area contributed by atoms with Crippen molar-refractivity contribution in [3.63, 3.8) is 0 Å². The van der Waals surface area contributed by atoms with Gasteiger partial charge in [-0.15, -0.1) is 0 Å². The fourth-order valence-electron chi connectivity index (χ4n) is 3.22. The minimum Gasteiger partial charge on any atom is -0.472 e.